The smallest absolute Gasteiger partial charge is 0.271 e. The van der Waals surface area contributed by atoms with Crippen molar-refractivity contribution in [3.8, 4) is 0 Å². The molecule has 3 rings (SSSR count). The van der Waals surface area contributed by atoms with Gasteiger partial charge in [0.05, 0.1) is 15.5 Å². The Morgan fingerprint density at radius 3 is 2.12 bits per heavy atom. The largest absolute Gasteiger partial charge is 0.350 e. The molecule has 212 valence electrons. The van der Waals surface area contributed by atoms with Gasteiger partial charge in [-0.1, -0.05) is 54.6 Å². The van der Waals surface area contributed by atoms with E-state index in [1.165, 1.54) is 35.2 Å². The van der Waals surface area contributed by atoms with Crippen LogP contribution >= 0.6 is 0 Å². The number of amides is 2. The molecule has 1 N–H and O–H groups in total. The van der Waals surface area contributed by atoms with Crippen LogP contribution in [0.15, 0.2) is 89.8 Å². The third-order valence-corrected chi connectivity index (χ3v) is 7.88. The van der Waals surface area contributed by atoms with Crippen LogP contribution in [0.2, 0.25) is 0 Å². The van der Waals surface area contributed by atoms with E-state index in [-0.39, 0.29) is 28.7 Å². The number of non-ortho nitro benzene ring substituents is 1. The molecule has 0 aromatic heterocycles. The molecule has 11 heteroatoms. The number of hydrogen-bond donors (Lipinski definition) is 1. The number of sulfonamides is 1. The van der Waals surface area contributed by atoms with Crippen LogP contribution in [0, 0.1) is 10.1 Å². The summed E-state index contributed by atoms with van der Waals surface area (Å²) in [7, 11) is -4.30. The quantitative estimate of drug-likeness (QED) is 0.274. The first-order valence-corrected chi connectivity index (χ1v) is 14.2. The molecule has 0 spiro atoms. The van der Waals surface area contributed by atoms with Crippen LogP contribution in [0.4, 0.5) is 11.4 Å². The van der Waals surface area contributed by atoms with Crippen molar-refractivity contribution in [2.24, 2.45) is 0 Å². The summed E-state index contributed by atoms with van der Waals surface area (Å²) in [4.78, 5) is 39.0. The SMILES string of the molecule is CC(C(=O)NC(C)(C)C)N(CCc1ccccc1)C(=O)CN(c1cccc([N+](=O)[O-])c1)S(=O)(=O)c1ccccc1. The molecule has 0 aliphatic heterocycles. The van der Waals surface area contributed by atoms with Gasteiger partial charge in [-0.15, -0.1) is 0 Å². The predicted molar refractivity (Wildman–Crippen MR) is 153 cm³/mol. The monoisotopic (exact) mass is 566 g/mol. The predicted octanol–water partition coefficient (Wildman–Crippen LogP) is 4.16. The Labute approximate surface area is 234 Å². The number of anilines is 1. The molecule has 2 amide bonds. The lowest BCUT2D eigenvalue weighted by molar-refractivity contribution is -0.384. The number of rotatable bonds is 11. The van der Waals surface area contributed by atoms with Crippen molar-refractivity contribution in [3.63, 3.8) is 0 Å². The lowest BCUT2D eigenvalue weighted by atomic mass is 10.1. The lowest BCUT2D eigenvalue weighted by Crippen LogP contribution is -2.55. The number of hydrogen-bond acceptors (Lipinski definition) is 6. The Hall–Kier alpha value is -4.25. The molecular formula is C29H34N4O6S. The van der Waals surface area contributed by atoms with Crippen LogP contribution in [0.3, 0.4) is 0 Å². The van der Waals surface area contributed by atoms with Gasteiger partial charge in [-0.25, -0.2) is 8.42 Å². The van der Waals surface area contributed by atoms with Crippen LogP contribution < -0.4 is 9.62 Å². The minimum atomic E-state index is -4.30. The molecule has 3 aromatic carbocycles. The van der Waals surface area contributed by atoms with Gasteiger partial charge in [0, 0.05) is 24.2 Å². The number of nitro benzene ring substituents is 1. The normalized spacial score (nSPS) is 12.3. The minimum Gasteiger partial charge on any atom is -0.350 e. The van der Waals surface area contributed by atoms with E-state index < -0.39 is 39.0 Å². The summed E-state index contributed by atoms with van der Waals surface area (Å²) < 4.78 is 28.3. The highest BCUT2D eigenvalue weighted by Gasteiger charge is 2.33. The first-order chi connectivity index (χ1) is 18.8. The third-order valence-electron chi connectivity index (χ3n) is 6.09. The van der Waals surface area contributed by atoms with Crippen LogP contribution in [0.5, 0.6) is 0 Å². The van der Waals surface area contributed by atoms with Gasteiger partial charge < -0.3 is 10.2 Å². The van der Waals surface area contributed by atoms with Crippen molar-refractivity contribution in [3.05, 3.63) is 101 Å². The second kappa shape index (κ2) is 12.7. The molecule has 0 saturated carbocycles. The highest BCUT2D eigenvalue weighted by molar-refractivity contribution is 7.92. The summed E-state index contributed by atoms with van der Waals surface area (Å²) in [6.07, 6.45) is 0.433. The summed E-state index contributed by atoms with van der Waals surface area (Å²) in [5.74, 6) is -1.01. The Bertz CT molecular complexity index is 1440. The van der Waals surface area contributed by atoms with Crippen molar-refractivity contribution in [2.45, 2.75) is 50.6 Å². The molecular weight excluding hydrogens is 532 g/mol. The molecule has 3 aromatic rings. The molecule has 0 fully saturated rings. The average molecular weight is 567 g/mol. The Morgan fingerprint density at radius 1 is 0.950 bits per heavy atom. The Kier molecular flexibility index (Phi) is 9.65. The van der Waals surface area contributed by atoms with Gasteiger partial charge in [-0.2, -0.15) is 0 Å². The fourth-order valence-corrected chi connectivity index (χ4v) is 5.48. The van der Waals surface area contributed by atoms with Gasteiger partial charge in [-0.05, 0) is 57.9 Å². The van der Waals surface area contributed by atoms with E-state index in [2.05, 4.69) is 5.32 Å². The average Bonchev–Trinajstić information content (AvgIpc) is 2.91. The van der Waals surface area contributed by atoms with E-state index >= 15 is 0 Å². The summed E-state index contributed by atoms with van der Waals surface area (Å²) in [6, 6.07) is 21.1. The van der Waals surface area contributed by atoms with Gasteiger partial charge >= 0.3 is 0 Å². The standard InChI is InChI=1S/C29H34N4O6S/c1-22(28(35)30-29(2,3)4)31(19-18-23-12-7-5-8-13-23)27(34)21-32(24-14-11-15-25(20-24)33(36)37)40(38,39)26-16-9-6-10-17-26/h5-17,20,22H,18-19,21H2,1-4H3,(H,30,35). The molecule has 0 bridgehead atoms. The lowest BCUT2D eigenvalue weighted by Gasteiger charge is -2.33. The van der Waals surface area contributed by atoms with Crippen molar-refractivity contribution >= 4 is 33.2 Å². The van der Waals surface area contributed by atoms with E-state index in [1.54, 1.807) is 25.1 Å². The second-order valence-electron chi connectivity index (χ2n) is 10.3. The van der Waals surface area contributed by atoms with Crippen molar-refractivity contribution < 1.29 is 22.9 Å². The Balaban J connectivity index is 2.02. The molecule has 1 unspecified atom stereocenters. The van der Waals surface area contributed by atoms with Gasteiger partial charge in [0.2, 0.25) is 11.8 Å². The number of nitrogens with zero attached hydrogens (tertiary/aromatic N) is 3. The molecule has 0 aliphatic carbocycles. The Morgan fingerprint density at radius 2 is 1.55 bits per heavy atom. The zero-order valence-electron chi connectivity index (χ0n) is 23.0. The van der Waals surface area contributed by atoms with Crippen molar-refractivity contribution in [2.75, 3.05) is 17.4 Å². The van der Waals surface area contributed by atoms with E-state index in [0.29, 0.717) is 6.42 Å². The number of nitro groups is 1. The van der Waals surface area contributed by atoms with Gasteiger partial charge in [0.25, 0.3) is 15.7 Å². The number of carbonyl (C=O) groups is 2. The number of benzene rings is 3. The topological polar surface area (TPSA) is 130 Å². The highest BCUT2D eigenvalue weighted by atomic mass is 32.2. The third kappa shape index (κ3) is 7.89. The summed E-state index contributed by atoms with van der Waals surface area (Å²) in [5.41, 5.74) is 0.0277. The first kappa shape index (κ1) is 30.3. The van der Waals surface area contributed by atoms with Gasteiger partial charge in [0.1, 0.15) is 12.6 Å². The zero-order chi connectivity index (χ0) is 29.5. The van der Waals surface area contributed by atoms with Crippen LogP contribution in [0.25, 0.3) is 0 Å². The fourth-order valence-electron chi connectivity index (χ4n) is 4.05. The van der Waals surface area contributed by atoms with E-state index in [0.717, 1.165) is 15.9 Å². The maximum absolute atomic E-state index is 13.9. The van der Waals surface area contributed by atoms with Crippen LogP contribution in [-0.2, 0) is 26.0 Å². The molecule has 0 radical (unpaired) electrons. The van der Waals surface area contributed by atoms with Crippen molar-refractivity contribution in [1.29, 1.82) is 0 Å². The van der Waals surface area contributed by atoms with Gasteiger partial charge in [0.15, 0.2) is 0 Å². The highest BCUT2D eigenvalue weighted by Crippen LogP contribution is 2.27. The van der Waals surface area contributed by atoms with Crippen molar-refractivity contribution in [1.82, 2.24) is 10.2 Å². The van der Waals surface area contributed by atoms with E-state index in [4.69, 9.17) is 0 Å². The zero-order valence-corrected chi connectivity index (χ0v) is 23.8. The minimum absolute atomic E-state index is 0.0405. The molecule has 0 saturated heterocycles. The van der Waals surface area contributed by atoms with E-state index in [1.807, 2.05) is 51.1 Å². The molecule has 1 atom stereocenters. The van der Waals surface area contributed by atoms with E-state index in [9.17, 15) is 28.1 Å². The van der Waals surface area contributed by atoms with Gasteiger partial charge in [-0.3, -0.25) is 24.0 Å². The number of carbonyl (C=O) groups excluding carboxylic acids is 2. The number of nitrogens with one attached hydrogen (secondary N) is 1. The first-order valence-electron chi connectivity index (χ1n) is 12.8. The molecule has 40 heavy (non-hydrogen) atoms. The second-order valence-corrected chi connectivity index (χ2v) is 12.2. The molecule has 0 heterocycles. The fraction of sp³-hybridized carbons (Fsp3) is 0.310. The van der Waals surface area contributed by atoms with Crippen LogP contribution in [-0.4, -0.2) is 54.7 Å². The maximum atomic E-state index is 13.9. The summed E-state index contributed by atoms with van der Waals surface area (Å²) in [6.45, 7) is 6.54. The summed E-state index contributed by atoms with van der Waals surface area (Å²) >= 11 is 0. The van der Waals surface area contributed by atoms with Crippen LogP contribution in [0.1, 0.15) is 33.3 Å². The molecule has 10 nitrogen and oxygen atoms in total. The summed E-state index contributed by atoms with van der Waals surface area (Å²) in [5, 5.41) is 14.3. The maximum Gasteiger partial charge on any atom is 0.271 e. The molecule has 0 aliphatic rings.